The highest BCUT2D eigenvalue weighted by molar-refractivity contribution is 5.54. The lowest BCUT2D eigenvalue weighted by atomic mass is 9.96. The maximum atomic E-state index is 11.9. The van der Waals surface area contributed by atoms with Crippen molar-refractivity contribution in [2.45, 2.75) is 26.7 Å². The number of nitrogen functional groups attached to an aromatic ring is 1. The smallest absolute Gasteiger partial charge is 0.271 e. The molecule has 2 heterocycles. The number of nitrogens with one attached hydrogen (secondary N) is 1. The summed E-state index contributed by atoms with van der Waals surface area (Å²) in [4.78, 5) is 14.7. The molecule has 1 aromatic heterocycles. The number of nitrogens with two attached hydrogens (primary N) is 1. The van der Waals surface area contributed by atoms with E-state index in [1.165, 1.54) is 0 Å². The van der Waals surface area contributed by atoms with Crippen LogP contribution in [0.15, 0.2) is 23.0 Å². The third kappa shape index (κ3) is 2.54. The van der Waals surface area contributed by atoms with Crippen LogP contribution < -0.4 is 20.8 Å². The Labute approximate surface area is 129 Å². The number of aromatic amines is 1. The van der Waals surface area contributed by atoms with Crippen molar-refractivity contribution in [1.29, 1.82) is 0 Å². The van der Waals surface area contributed by atoms with E-state index < -0.39 is 0 Å². The van der Waals surface area contributed by atoms with Gasteiger partial charge in [-0.1, -0.05) is 13.0 Å². The molecule has 0 fully saturated rings. The molecule has 0 unspecified atom stereocenters. The highest BCUT2D eigenvalue weighted by Crippen LogP contribution is 2.32. The molecule has 22 heavy (non-hydrogen) atoms. The Morgan fingerprint density at radius 3 is 2.64 bits per heavy atom. The van der Waals surface area contributed by atoms with E-state index in [9.17, 15) is 4.79 Å². The molecule has 0 radical (unpaired) electrons. The topological polar surface area (TPSA) is 77.3 Å². The van der Waals surface area contributed by atoms with Crippen molar-refractivity contribution in [1.82, 2.24) is 4.98 Å². The first-order valence-electron chi connectivity index (χ1n) is 7.48. The molecule has 2 aromatic rings. The fourth-order valence-electron chi connectivity index (χ4n) is 2.92. The van der Waals surface area contributed by atoms with Crippen LogP contribution in [0, 0.1) is 6.92 Å². The van der Waals surface area contributed by atoms with Crippen LogP contribution in [0.2, 0.25) is 0 Å². The summed E-state index contributed by atoms with van der Waals surface area (Å²) in [7, 11) is 0. The van der Waals surface area contributed by atoms with E-state index in [2.05, 4.69) is 11.9 Å². The average molecular weight is 300 g/mol. The molecule has 5 nitrogen and oxygen atoms in total. The highest BCUT2D eigenvalue weighted by atomic mass is 16.6. The lowest BCUT2D eigenvalue weighted by Gasteiger charge is -2.19. The molecule has 0 bridgehead atoms. The van der Waals surface area contributed by atoms with Gasteiger partial charge >= 0.3 is 0 Å². The number of rotatable bonds is 3. The van der Waals surface area contributed by atoms with Crippen molar-refractivity contribution >= 4 is 5.69 Å². The summed E-state index contributed by atoms with van der Waals surface area (Å²) >= 11 is 0. The van der Waals surface area contributed by atoms with Crippen molar-refractivity contribution in [3.8, 4) is 11.5 Å². The second kappa shape index (κ2) is 5.75. The minimum absolute atomic E-state index is 0.220. The van der Waals surface area contributed by atoms with Gasteiger partial charge in [0.15, 0.2) is 11.5 Å². The van der Waals surface area contributed by atoms with E-state index in [4.69, 9.17) is 15.2 Å². The quantitative estimate of drug-likeness (QED) is 0.911. The van der Waals surface area contributed by atoms with Crippen molar-refractivity contribution in [2.75, 3.05) is 18.9 Å². The largest absolute Gasteiger partial charge is 0.486 e. The van der Waals surface area contributed by atoms with Crippen LogP contribution >= 0.6 is 0 Å². The molecule has 1 aromatic carbocycles. The fraction of sp³-hybridized carbons (Fsp3) is 0.353. The zero-order valence-corrected chi connectivity index (χ0v) is 12.9. The number of ether oxygens (including phenoxy) is 2. The Morgan fingerprint density at radius 1 is 1.18 bits per heavy atom. The standard InChI is InChI=1S/C17H20N2O3/c1-3-12-10(2)19-17(20)16(18)13(12)8-11-4-5-14-15(9-11)22-7-6-21-14/h4-5,9H,3,6-8,18H2,1-2H3,(H,19,20). The molecule has 116 valence electrons. The van der Waals surface area contributed by atoms with Gasteiger partial charge in [-0.25, -0.2) is 0 Å². The Bertz CT molecular complexity index is 765. The molecule has 3 rings (SSSR count). The third-order valence-electron chi connectivity index (χ3n) is 4.03. The molecule has 0 amide bonds. The highest BCUT2D eigenvalue weighted by Gasteiger charge is 2.16. The summed E-state index contributed by atoms with van der Waals surface area (Å²) in [6.45, 7) is 5.11. The number of hydrogen-bond donors (Lipinski definition) is 2. The number of benzene rings is 1. The normalized spacial score (nSPS) is 13.2. The first-order chi connectivity index (χ1) is 10.6. The lowest BCUT2D eigenvalue weighted by Crippen LogP contribution is -2.19. The maximum absolute atomic E-state index is 11.9. The van der Waals surface area contributed by atoms with Gasteiger partial charge in [0.05, 0.1) is 0 Å². The van der Waals surface area contributed by atoms with Gasteiger partial charge in [-0.05, 0) is 42.2 Å². The molecule has 1 aliphatic heterocycles. The van der Waals surface area contributed by atoms with Crippen LogP contribution in [0.25, 0.3) is 0 Å². The molecule has 5 heteroatoms. The lowest BCUT2D eigenvalue weighted by molar-refractivity contribution is 0.171. The second-order valence-corrected chi connectivity index (χ2v) is 5.46. The van der Waals surface area contributed by atoms with Gasteiger partial charge in [0.25, 0.3) is 5.56 Å². The van der Waals surface area contributed by atoms with Gasteiger partial charge in [-0.15, -0.1) is 0 Å². The van der Waals surface area contributed by atoms with Gasteiger partial charge < -0.3 is 20.2 Å². The number of aromatic nitrogens is 1. The van der Waals surface area contributed by atoms with E-state index in [1.807, 2.05) is 25.1 Å². The van der Waals surface area contributed by atoms with Crippen molar-refractivity contribution in [2.24, 2.45) is 0 Å². The van der Waals surface area contributed by atoms with E-state index in [1.54, 1.807) is 0 Å². The van der Waals surface area contributed by atoms with Crippen LogP contribution in [0.5, 0.6) is 11.5 Å². The molecule has 3 N–H and O–H groups in total. The van der Waals surface area contributed by atoms with Crippen molar-refractivity contribution in [3.05, 3.63) is 50.9 Å². The molecule has 0 aliphatic carbocycles. The van der Waals surface area contributed by atoms with Gasteiger partial charge in [0, 0.05) is 12.1 Å². The van der Waals surface area contributed by atoms with Crippen molar-refractivity contribution < 1.29 is 9.47 Å². The van der Waals surface area contributed by atoms with E-state index in [0.717, 1.165) is 40.3 Å². The summed E-state index contributed by atoms with van der Waals surface area (Å²) < 4.78 is 11.1. The Morgan fingerprint density at radius 2 is 1.91 bits per heavy atom. The molecule has 0 saturated heterocycles. The van der Waals surface area contributed by atoms with Crippen LogP contribution in [0.4, 0.5) is 5.69 Å². The van der Waals surface area contributed by atoms with Gasteiger partial charge in [0.1, 0.15) is 18.9 Å². The van der Waals surface area contributed by atoms with Gasteiger partial charge in [-0.2, -0.15) is 0 Å². The van der Waals surface area contributed by atoms with E-state index in [-0.39, 0.29) is 5.56 Å². The molecular formula is C17H20N2O3. The van der Waals surface area contributed by atoms with Gasteiger partial charge in [0.2, 0.25) is 0 Å². The summed E-state index contributed by atoms with van der Waals surface area (Å²) in [5.41, 5.74) is 10.0. The summed E-state index contributed by atoms with van der Waals surface area (Å²) in [6.07, 6.45) is 1.43. The average Bonchev–Trinajstić information content (AvgIpc) is 2.52. The number of aryl methyl sites for hydroxylation is 1. The van der Waals surface area contributed by atoms with E-state index in [0.29, 0.717) is 25.3 Å². The number of fused-ring (bicyclic) bond motifs is 1. The van der Waals surface area contributed by atoms with Crippen LogP contribution in [-0.4, -0.2) is 18.2 Å². The van der Waals surface area contributed by atoms with Crippen LogP contribution in [-0.2, 0) is 12.8 Å². The minimum Gasteiger partial charge on any atom is -0.486 e. The minimum atomic E-state index is -0.220. The third-order valence-corrected chi connectivity index (χ3v) is 4.03. The van der Waals surface area contributed by atoms with Crippen LogP contribution in [0.3, 0.4) is 0 Å². The maximum Gasteiger partial charge on any atom is 0.271 e. The Balaban J connectivity index is 2.01. The first kappa shape index (κ1) is 14.5. The first-order valence-corrected chi connectivity index (χ1v) is 7.48. The number of hydrogen-bond acceptors (Lipinski definition) is 4. The summed E-state index contributed by atoms with van der Waals surface area (Å²) in [6, 6.07) is 5.86. The zero-order chi connectivity index (χ0) is 15.7. The molecule has 1 aliphatic rings. The number of anilines is 1. The molecular weight excluding hydrogens is 280 g/mol. The van der Waals surface area contributed by atoms with Gasteiger partial charge in [-0.3, -0.25) is 4.79 Å². The van der Waals surface area contributed by atoms with Crippen LogP contribution in [0.1, 0.15) is 29.3 Å². The SMILES string of the molecule is CCc1c(C)[nH]c(=O)c(N)c1Cc1ccc2c(c1)OCCO2. The predicted molar refractivity (Wildman–Crippen MR) is 85.8 cm³/mol. The zero-order valence-electron chi connectivity index (χ0n) is 12.9. The monoisotopic (exact) mass is 300 g/mol. The van der Waals surface area contributed by atoms with E-state index >= 15 is 0 Å². The number of H-pyrrole nitrogens is 1. The summed E-state index contributed by atoms with van der Waals surface area (Å²) in [5, 5.41) is 0. The van der Waals surface area contributed by atoms with Crippen molar-refractivity contribution in [3.63, 3.8) is 0 Å². The Hall–Kier alpha value is -2.43. The molecule has 0 atom stereocenters. The summed E-state index contributed by atoms with van der Waals surface area (Å²) in [5.74, 6) is 1.52. The molecule has 0 saturated carbocycles. The second-order valence-electron chi connectivity index (χ2n) is 5.46. The molecule has 0 spiro atoms. The fourth-order valence-corrected chi connectivity index (χ4v) is 2.92. The Kier molecular flexibility index (Phi) is 3.79. The predicted octanol–water partition coefficient (Wildman–Crippen LogP) is 2.19. The number of pyridine rings is 1.